The molecule has 2 atom stereocenters. The summed E-state index contributed by atoms with van der Waals surface area (Å²) in [5, 5.41) is 17.5. The van der Waals surface area contributed by atoms with Crippen LogP contribution in [0.4, 0.5) is 0 Å². The molecule has 0 saturated heterocycles. The molecule has 0 aromatic carbocycles. The summed E-state index contributed by atoms with van der Waals surface area (Å²) >= 11 is 0. The normalized spacial score (nSPS) is 17.4. The van der Waals surface area contributed by atoms with Crippen LogP contribution in [0.1, 0.15) is 20.3 Å². The Morgan fingerprint density at radius 2 is 1.81 bits per heavy atom. The summed E-state index contributed by atoms with van der Waals surface area (Å²) in [4.78, 5) is 11.1. The second-order valence-electron chi connectivity index (χ2n) is 3.67. The van der Waals surface area contributed by atoms with Crippen molar-refractivity contribution in [2.45, 2.75) is 26.4 Å². The van der Waals surface area contributed by atoms with Gasteiger partial charge in [-0.15, -0.1) is 0 Å². The van der Waals surface area contributed by atoms with Gasteiger partial charge in [0.1, 0.15) is 6.29 Å². The molecule has 7 heteroatoms. The molecule has 0 amide bonds. The van der Waals surface area contributed by atoms with Gasteiger partial charge >= 0.3 is 7.60 Å². The fourth-order valence-corrected chi connectivity index (χ4v) is 2.74. The number of aliphatic hydroxyl groups excluding tert-OH is 2. The van der Waals surface area contributed by atoms with E-state index < -0.39 is 7.60 Å². The van der Waals surface area contributed by atoms with Crippen LogP contribution in [0.15, 0.2) is 0 Å². The van der Waals surface area contributed by atoms with Crippen LogP contribution in [0.3, 0.4) is 0 Å². The first-order valence-electron chi connectivity index (χ1n) is 5.39. The van der Waals surface area contributed by atoms with Crippen LogP contribution in [0.25, 0.3) is 0 Å². The Morgan fingerprint density at radius 1 is 1.31 bits per heavy atom. The lowest BCUT2D eigenvalue weighted by Gasteiger charge is -2.24. The van der Waals surface area contributed by atoms with E-state index in [0.717, 1.165) is 0 Å². The Labute approximate surface area is 96.4 Å². The van der Waals surface area contributed by atoms with Crippen molar-refractivity contribution < 1.29 is 24.2 Å². The summed E-state index contributed by atoms with van der Waals surface area (Å²) in [5.74, 6) is 0. The first-order valence-corrected chi connectivity index (χ1v) is 7.15. The number of hydrogen-bond acceptors (Lipinski definition) is 5. The summed E-state index contributed by atoms with van der Waals surface area (Å²) in [6.45, 7) is 3.84. The van der Waals surface area contributed by atoms with Crippen molar-refractivity contribution in [3.8, 4) is 0 Å². The number of nitrogens with zero attached hydrogens (tertiary/aromatic N) is 1. The quantitative estimate of drug-likeness (QED) is 0.511. The highest BCUT2D eigenvalue weighted by Crippen LogP contribution is 2.44. The van der Waals surface area contributed by atoms with Gasteiger partial charge < -0.3 is 19.6 Å². The molecule has 16 heavy (non-hydrogen) atoms. The van der Waals surface area contributed by atoms with Gasteiger partial charge in [0.25, 0.3) is 0 Å². The third-order valence-electron chi connectivity index (χ3n) is 2.13. The van der Waals surface area contributed by atoms with Crippen molar-refractivity contribution in [2.24, 2.45) is 0 Å². The molecule has 2 unspecified atom stereocenters. The maximum Gasteiger partial charge on any atom is 0.342 e. The fraction of sp³-hybridized carbons (Fsp3) is 1.00. The van der Waals surface area contributed by atoms with Crippen molar-refractivity contribution in [3.05, 3.63) is 0 Å². The molecule has 0 aromatic rings. The van der Waals surface area contributed by atoms with Gasteiger partial charge in [-0.25, -0.2) is 0 Å². The monoisotopic (exact) mass is 255 g/mol. The zero-order chi connectivity index (χ0) is 12.6. The van der Waals surface area contributed by atoms with Crippen LogP contribution in [-0.2, 0) is 9.09 Å². The molecule has 0 aliphatic carbocycles. The zero-order valence-corrected chi connectivity index (χ0v) is 10.8. The molecular formula is C9H22NO5P. The van der Waals surface area contributed by atoms with Gasteiger partial charge in [-0.05, 0) is 13.3 Å². The van der Waals surface area contributed by atoms with Crippen molar-refractivity contribution in [2.75, 3.05) is 32.6 Å². The van der Waals surface area contributed by atoms with Crippen LogP contribution in [0.2, 0.25) is 0 Å². The molecule has 0 bridgehead atoms. The minimum absolute atomic E-state index is 0.122. The first-order chi connectivity index (χ1) is 7.45. The van der Waals surface area contributed by atoms with Crippen molar-refractivity contribution in [1.29, 1.82) is 0 Å². The topological polar surface area (TPSA) is 90.2 Å². The molecular weight excluding hydrogens is 233 g/mol. The number of rotatable bonds is 9. The van der Waals surface area contributed by atoms with E-state index in [0.29, 0.717) is 6.42 Å². The summed E-state index contributed by atoms with van der Waals surface area (Å²) in [6.07, 6.45) is 0.212. The molecule has 0 radical (unpaired) electrons. The third-order valence-corrected chi connectivity index (χ3v) is 3.58. The Bertz CT molecular complexity index is 220. The molecule has 0 saturated carbocycles. The molecule has 3 N–H and O–H groups in total. The second kappa shape index (κ2) is 8.17. The third kappa shape index (κ3) is 7.33. The van der Waals surface area contributed by atoms with Crippen LogP contribution in [-0.4, -0.2) is 58.7 Å². The van der Waals surface area contributed by atoms with Crippen molar-refractivity contribution in [1.82, 2.24) is 4.90 Å². The maximum absolute atomic E-state index is 11.7. The lowest BCUT2D eigenvalue weighted by Crippen LogP contribution is -2.31. The number of hydrogen-bond donors (Lipinski definition) is 3. The van der Waals surface area contributed by atoms with Gasteiger partial charge in [0, 0.05) is 13.1 Å². The van der Waals surface area contributed by atoms with E-state index in [2.05, 4.69) is 0 Å². The molecule has 0 aliphatic rings. The van der Waals surface area contributed by atoms with E-state index in [1.807, 2.05) is 6.92 Å². The molecule has 6 nitrogen and oxygen atoms in total. The Balaban J connectivity index is 4.22. The van der Waals surface area contributed by atoms with E-state index in [9.17, 15) is 9.46 Å². The SMILES string of the molecule is CCC(C)OP(=O)(O)CN(CCO)CCO. The van der Waals surface area contributed by atoms with Crippen LogP contribution in [0, 0.1) is 0 Å². The Morgan fingerprint density at radius 3 is 2.19 bits per heavy atom. The van der Waals surface area contributed by atoms with E-state index in [-0.39, 0.29) is 38.7 Å². The maximum atomic E-state index is 11.7. The van der Waals surface area contributed by atoms with Crippen LogP contribution in [0.5, 0.6) is 0 Å². The minimum Gasteiger partial charge on any atom is -0.395 e. The van der Waals surface area contributed by atoms with Gasteiger partial charge in [-0.3, -0.25) is 9.46 Å². The molecule has 0 rings (SSSR count). The predicted molar refractivity (Wildman–Crippen MR) is 61.3 cm³/mol. The fourth-order valence-electron chi connectivity index (χ4n) is 1.18. The molecule has 0 aromatic heterocycles. The van der Waals surface area contributed by atoms with E-state index in [4.69, 9.17) is 14.7 Å². The van der Waals surface area contributed by atoms with Gasteiger partial charge in [-0.1, -0.05) is 6.92 Å². The molecule has 0 fully saturated rings. The molecule has 98 valence electrons. The van der Waals surface area contributed by atoms with Crippen LogP contribution >= 0.6 is 7.60 Å². The summed E-state index contributed by atoms with van der Waals surface area (Å²) < 4.78 is 16.7. The summed E-state index contributed by atoms with van der Waals surface area (Å²) in [7, 11) is -3.68. The lowest BCUT2D eigenvalue weighted by molar-refractivity contribution is 0.147. The second-order valence-corrected chi connectivity index (χ2v) is 5.44. The number of aliphatic hydroxyl groups is 2. The largest absolute Gasteiger partial charge is 0.395 e. The molecule has 0 spiro atoms. The highest BCUT2D eigenvalue weighted by atomic mass is 31.2. The summed E-state index contributed by atoms with van der Waals surface area (Å²) in [5.41, 5.74) is 0. The van der Waals surface area contributed by atoms with Gasteiger partial charge in [0.2, 0.25) is 0 Å². The van der Waals surface area contributed by atoms with Crippen LogP contribution < -0.4 is 0 Å². The van der Waals surface area contributed by atoms with Gasteiger partial charge in [0.15, 0.2) is 0 Å². The Hall–Kier alpha value is 0.0300. The zero-order valence-electron chi connectivity index (χ0n) is 9.87. The molecule has 0 aliphatic heterocycles. The minimum atomic E-state index is -3.68. The first kappa shape index (κ1) is 16.0. The summed E-state index contributed by atoms with van der Waals surface area (Å²) in [6, 6.07) is 0. The van der Waals surface area contributed by atoms with E-state index in [1.165, 1.54) is 4.90 Å². The van der Waals surface area contributed by atoms with E-state index in [1.54, 1.807) is 6.92 Å². The average Bonchev–Trinajstić information content (AvgIpc) is 2.17. The standard InChI is InChI=1S/C9H22NO5P/c1-3-9(2)15-16(13,14)8-10(4-6-11)5-7-12/h9,11-12H,3-8H2,1-2H3,(H,13,14). The molecule has 0 heterocycles. The lowest BCUT2D eigenvalue weighted by atomic mass is 10.3. The predicted octanol–water partition coefficient (Wildman–Crippen LogP) is 0.231. The highest BCUT2D eigenvalue weighted by molar-refractivity contribution is 7.52. The van der Waals surface area contributed by atoms with Gasteiger partial charge in [0.05, 0.1) is 19.3 Å². The van der Waals surface area contributed by atoms with Crippen molar-refractivity contribution in [3.63, 3.8) is 0 Å². The Kier molecular flexibility index (Phi) is 8.18. The van der Waals surface area contributed by atoms with Gasteiger partial charge in [-0.2, -0.15) is 0 Å². The average molecular weight is 255 g/mol. The highest BCUT2D eigenvalue weighted by Gasteiger charge is 2.25. The van der Waals surface area contributed by atoms with Crippen molar-refractivity contribution >= 4 is 7.60 Å². The van der Waals surface area contributed by atoms with E-state index >= 15 is 0 Å². The smallest absolute Gasteiger partial charge is 0.342 e.